The van der Waals surface area contributed by atoms with Crippen molar-refractivity contribution in [1.82, 2.24) is 10.3 Å². The zero-order valence-corrected chi connectivity index (χ0v) is 13.8. The number of amides is 1. The maximum absolute atomic E-state index is 13.8. The molecule has 2 aromatic heterocycles. The third kappa shape index (κ3) is 3.16. The fourth-order valence-electron chi connectivity index (χ4n) is 2.50. The number of benzene rings is 2. The highest BCUT2D eigenvalue weighted by Crippen LogP contribution is 2.25. The highest BCUT2D eigenvalue weighted by Gasteiger charge is 2.14. The quantitative estimate of drug-likeness (QED) is 0.583. The van der Waals surface area contributed by atoms with Crippen LogP contribution in [0.4, 0.5) is 4.39 Å². The Morgan fingerprint density at radius 3 is 2.72 bits per heavy atom. The molecule has 0 bridgehead atoms. The summed E-state index contributed by atoms with van der Waals surface area (Å²) in [5, 5.41) is 3.59. The van der Waals surface area contributed by atoms with Gasteiger partial charge in [0, 0.05) is 0 Å². The summed E-state index contributed by atoms with van der Waals surface area (Å²) in [6, 6.07) is 17.2. The van der Waals surface area contributed by atoms with Gasteiger partial charge in [0.1, 0.15) is 16.6 Å². The Labute approximate surface area is 146 Å². The summed E-state index contributed by atoms with van der Waals surface area (Å²) >= 11 is 1.53. The van der Waals surface area contributed by atoms with Crippen molar-refractivity contribution in [3.05, 3.63) is 77.2 Å². The van der Waals surface area contributed by atoms with Gasteiger partial charge < -0.3 is 9.73 Å². The number of aromatic nitrogens is 1. The molecule has 1 N–H and O–H groups in total. The van der Waals surface area contributed by atoms with E-state index in [1.165, 1.54) is 23.5 Å². The van der Waals surface area contributed by atoms with Crippen LogP contribution in [0.15, 0.2) is 65.1 Å². The van der Waals surface area contributed by atoms with E-state index in [0.29, 0.717) is 17.9 Å². The first-order valence-corrected chi connectivity index (χ1v) is 8.50. The van der Waals surface area contributed by atoms with Gasteiger partial charge in [-0.1, -0.05) is 24.3 Å². The van der Waals surface area contributed by atoms with Gasteiger partial charge in [-0.25, -0.2) is 9.37 Å². The van der Waals surface area contributed by atoms with Gasteiger partial charge >= 0.3 is 0 Å². The van der Waals surface area contributed by atoms with E-state index in [0.717, 1.165) is 15.2 Å². The van der Waals surface area contributed by atoms with Crippen molar-refractivity contribution >= 4 is 27.5 Å². The van der Waals surface area contributed by atoms with Crippen molar-refractivity contribution < 1.29 is 13.6 Å². The molecule has 2 heterocycles. The number of nitrogens with one attached hydrogen (secondary N) is 1. The Bertz CT molecular complexity index is 1020. The summed E-state index contributed by atoms with van der Waals surface area (Å²) in [4.78, 5) is 16.7. The van der Waals surface area contributed by atoms with Crippen molar-refractivity contribution in [1.29, 1.82) is 0 Å². The number of furan rings is 1. The van der Waals surface area contributed by atoms with Crippen LogP contribution < -0.4 is 5.32 Å². The van der Waals surface area contributed by atoms with Crippen LogP contribution in [0.5, 0.6) is 0 Å². The molecule has 2 aromatic carbocycles. The summed E-state index contributed by atoms with van der Waals surface area (Å²) in [6.45, 7) is 0.313. The van der Waals surface area contributed by atoms with Crippen LogP contribution >= 0.6 is 11.3 Å². The molecule has 6 heteroatoms. The highest BCUT2D eigenvalue weighted by molar-refractivity contribution is 7.18. The SMILES string of the molecule is O=C(NCc1nc2ccccc2s1)c1ccc(-c2ccccc2F)o1. The average Bonchev–Trinajstić information content (AvgIpc) is 3.27. The summed E-state index contributed by atoms with van der Waals surface area (Å²) in [7, 11) is 0. The first-order valence-electron chi connectivity index (χ1n) is 7.68. The molecule has 124 valence electrons. The fourth-order valence-corrected chi connectivity index (χ4v) is 3.41. The second-order valence-corrected chi connectivity index (χ2v) is 6.52. The molecule has 4 rings (SSSR count). The van der Waals surface area contributed by atoms with Gasteiger partial charge in [-0.2, -0.15) is 0 Å². The minimum atomic E-state index is -0.390. The van der Waals surface area contributed by atoms with E-state index in [1.54, 1.807) is 24.3 Å². The zero-order valence-electron chi connectivity index (χ0n) is 13.0. The van der Waals surface area contributed by atoms with Crippen LogP contribution in [-0.4, -0.2) is 10.9 Å². The van der Waals surface area contributed by atoms with E-state index < -0.39 is 5.82 Å². The lowest BCUT2D eigenvalue weighted by molar-refractivity contribution is 0.0924. The van der Waals surface area contributed by atoms with Crippen LogP contribution in [0, 0.1) is 5.82 Å². The molecule has 0 radical (unpaired) electrons. The number of halogens is 1. The van der Waals surface area contributed by atoms with Crippen LogP contribution in [0.3, 0.4) is 0 Å². The van der Waals surface area contributed by atoms with Crippen molar-refractivity contribution in [3.63, 3.8) is 0 Å². The number of rotatable bonds is 4. The van der Waals surface area contributed by atoms with Crippen molar-refractivity contribution in [2.45, 2.75) is 6.54 Å². The van der Waals surface area contributed by atoms with E-state index in [-0.39, 0.29) is 11.7 Å². The molecule has 0 saturated carbocycles. The third-order valence-electron chi connectivity index (χ3n) is 3.71. The predicted octanol–water partition coefficient (Wildman–Crippen LogP) is 4.63. The Morgan fingerprint density at radius 1 is 1.08 bits per heavy atom. The van der Waals surface area contributed by atoms with E-state index in [4.69, 9.17) is 4.42 Å². The standard InChI is InChI=1S/C19H13FN2O2S/c20-13-6-2-1-5-12(13)15-9-10-16(24-15)19(23)21-11-18-22-14-7-3-4-8-17(14)25-18/h1-10H,11H2,(H,21,23). The third-order valence-corrected chi connectivity index (χ3v) is 4.74. The Balaban J connectivity index is 1.47. The minimum Gasteiger partial charge on any atom is -0.451 e. The smallest absolute Gasteiger partial charge is 0.287 e. The largest absolute Gasteiger partial charge is 0.451 e. The molecule has 4 aromatic rings. The molecule has 0 aliphatic carbocycles. The second-order valence-electron chi connectivity index (χ2n) is 5.40. The summed E-state index contributed by atoms with van der Waals surface area (Å²) in [6.07, 6.45) is 0. The number of hydrogen-bond donors (Lipinski definition) is 1. The topological polar surface area (TPSA) is 55.1 Å². The molecule has 4 nitrogen and oxygen atoms in total. The maximum Gasteiger partial charge on any atom is 0.287 e. The van der Waals surface area contributed by atoms with Crippen LogP contribution in [0.1, 0.15) is 15.6 Å². The number of para-hydroxylation sites is 1. The molecule has 1 amide bonds. The fraction of sp³-hybridized carbons (Fsp3) is 0.0526. The molecule has 0 aliphatic rings. The van der Waals surface area contributed by atoms with Crippen molar-refractivity contribution in [3.8, 4) is 11.3 Å². The van der Waals surface area contributed by atoms with E-state index in [2.05, 4.69) is 10.3 Å². The van der Waals surface area contributed by atoms with E-state index >= 15 is 0 Å². The Kier molecular flexibility index (Phi) is 4.03. The minimum absolute atomic E-state index is 0.138. The number of thiazole rings is 1. The van der Waals surface area contributed by atoms with Crippen LogP contribution in [0.2, 0.25) is 0 Å². The summed E-state index contributed by atoms with van der Waals surface area (Å²) < 4.78 is 20.4. The zero-order chi connectivity index (χ0) is 17.2. The monoisotopic (exact) mass is 352 g/mol. The van der Waals surface area contributed by atoms with Gasteiger partial charge in [-0.05, 0) is 36.4 Å². The van der Waals surface area contributed by atoms with Gasteiger partial charge in [0.05, 0.1) is 22.3 Å². The molecule has 0 saturated heterocycles. The van der Waals surface area contributed by atoms with E-state index in [9.17, 15) is 9.18 Å². The van der Waals surface area contributed by atoms with Gasteiger partial charge in [-0.3, -0.25) is 4.79 Å². The highest BCUT2D eigenvalue weighted by atomic mass is 32.1. The van der Waals surface area contributed by atoms with Gasteiger partial charge in [0.15, 0.2) is 5.76 Å². The number of nitrogens with zero attached hydrogens (tertiary/aromatic N) is 1. The number of hydrogen-bond acceptors (Lipinski definition) is 4. The summed E-state index contributed by atoms with van der Waals surface area (Å²) in [5.41, 5.74) is 1.24. The Morgan fingerprint density at radius 2 is 1.88 bits per heavy atom. The molecular weight excluding hydrogens is 339 g/mol. The lowest BCUT2D eigenvalue weighted by Gasteiger charge is -2.01. The first kappa shape index (κ1) is 15.5. The molecule has 25 heavy (non-hydrogen) atoms. The van der Waals surface area contributed by atoms with Gasteiger partial charge in [-0.15, -0.1) is 11.3 Å². The molecule has 0 atom stereocenters. The number of carbonyl (C=O) groups excluding carboxylic acids is 1. The van der Waals surface area contributed by atoms with Crippen LogP contribution in [-0.2, 0) is 6.54 Å². The number of fused-ring (bicyclic) bond motifs is 1. The Hall–Kier alpha value is -2.99. The first-order chi connectivity index (χ1) is 12.2. The lowest BCUT2D eigenvalue weighted by Crippen LogP contribution is -2.22. The van der Waals surface area contributed by atoms with E-state index in [1.807, 2.05) is 24.3 Å². The average molecular weight is 352 g/mol. The van der Waals surface area contributed by atoms with Crippen molar-refractivity contribution in [2.75, 3.05) is 0 Å². The lowest BCUT2D eigenvalue weighted by atomic mass is 10.1. The number of carbonyl (C=O) groups is 1. The molecular formula is C19H13FN2O2S. The maximum atomic E-state index is 13.8. The van der Waals surface area contributed by atoms with Crippen molar-refractivity contribution in [2.24, 2.45) is 0 Å². The van der Waals surface area contributed by atoms with Gasteiger partial charge in [0.25, 0.3) is 5.91 Å². The normalized spacial score (nSPS) is 10.9. The predicted molar refractivity (Wildman–Crippen MR) is 94.9 cm³/mol. The summed E-state index contributed by atoms with van der Waals surface area (Å²) in [5.74, 6) is -0.289. The van der Waals surface area contributed by atoms with Crippen LogP contribution in [0.25, 0.3) is 21.5 Å². The molecule has 0 unspecified atom stereocenters. The second kappa shape index (κ2) is 6.49. The molecule has 0 fully saturated rings. The molecule has 0 aliphatic heterocycles. The molecule has 0 spiro atoms. The van der Waals surface area contributed by atoms with Gasteiger partial charge in [0.2, 0.25) is 0 Å².